The van der Waals surface area contributed by atoms with Gasteiger partial charge >= 0.3 is 0 Å². The Balaban J connectivity index is 2.04. The van der Waals surface area contributed by atoms with Gasteiger partial charge < -0.3 is 10.6 Å². The van der Waals surface area contributed by atoms with Crippen LogP contribution in [0.1, 0.15) is 23.7 Å². The number of amides is 1. The van der Waals surface area contributed by atoms with Gasteiger partial charge in [0.05, 0.1) is 10.6 Å². The number of nitrogens with zero attached hydrogens (tertiary/aromatic N) is 2. The van der Waals surface area contributed by atoms with Crippen LogP contribution in [-0.2, 0) is 0 Å². The maximum atomic E-state index is 12.0. The maximum Gasteiger partial charge on any atom is 0.258 e. The van der Waals surface area contributed by atoms with E-state index in [0.717, 1.165) is 18.8 Å². The predicted molar refractivity (Wildman–Crippen MR) is 80.2 cm³/mol. The number of hydrogen-bond acceptors (Lipinski definition) is 4. The summed E-state index contributed by atoms with van der Waals surface area (Å²) in [7, 11) is 0. The first-order valence-electron chi connectivity index (χ1n) is 6.32. The van der Waals surface area contributed by atoms with Crippen molar-refractivity contribution in [2.45, 2.75) is 13.3 Å². The van der Waals surface area contributed by atoms with Crippen molar-refractivity contribution in [1.29, 1.82) is 0 Å². The molecule has 2 N–H and O–H groups in total. The summed E-state index contributed by atoms with van der Waals surface area (Å²) in [4.78, 5) is 20.2. The van der Waals surface area contributed by atoms with Crippen LogP contribution in [0.5, 0.6) is 0 Å². The molecule has 2 rings (SSSR count). The van der Waals surface area contributed by atoms with E-state index >= 15 is 0 Å². The van der Waals surface area contributed by atoms with Gasteiger partial charge in [0.15, 0.2) is 5.82 Å². The molecule has 2 heterocycles. The number of pyridine rings is 2. The van der Waals surface area contributed by atoms with E-state index in [1.807, 2.05) is 0 Å². The normalized spacial score (nSPS) is 10.1. The van der Waals surface area contributed by atoms with Gasteiger partial charge in [0.1, 0.15) is 5.82 Å². The Morgan fingerprint density at radius 2 is 2.15 bits per heavy atom. The second-order valence-electron chi connectivity index (χ2n) is 4.15. The van der Waals surface area contributed by atoms with Crippen molar-refractivity contribution in [3.63, 3.8) is 0 Å². The van der Waals surface area contributed by atoms with Crippen LogP contribution >= 0.6 is 11.6 Å². The van der Waals surface area contributed by atoms with Crippen molar-refractivity contribution >= 4 is 29.1 Å². The fourth-order valence-electron chi connectivity index (χ4n) is 1.54. The van der Waals surface area contributed by atoms with Gasteiger partial charge in [-0.15, -0.1) is 0 Å². The molecule has 0 bridgehead atoms. The Bertz CT molecular complexity index is 586. The lowest BCUT2D eigenvalue weighted by molar-refractivity contribution is 0.102. The largest absolute Gasteiger partial charge is 0.370 e. The summed E-state index contributed by atoms with van der Waals surface area (Å²) in [6, 6.07) is 6.84. The van der Waals surface area contributed by atoms with E-state index in [1.54, 1.807) is 30.5 Å². The predicted octanol–water partition coefficient (Wildman–Crippen LogP) is 3.20. The van der Waals surface area contributed by atoms with E-state index in [1.165, 1.54) is 6.20 Å². The summed E-state index contributed by atoms with van der Waals surface area (Å²) < 4.78 is 0. The van der Waals surface area contributed by atoms with Crippen molar-refractivity contribution in [3.05, 3.63) is 47.2 Å². The lowest BCUT2D eigenvalue weighted by atomic mass is 10.2. The fraction of sp³-hybridized carbons (Fsp3) is 0.214. The van der Waals surface area contributed by atoms with Crippen molar-refractivity contribution in [2.24, 2.45) is 0 Å². The molecule has 104 valence electrons. The molecule has 0 radical (unpaired) electrons. The molecule has 1 amide bonds. The average molecular weight is 291 g/mol. The van der Waals surface area contributed by atoms with Crippen molar-refractivity contribution in [1.82, 2.24) is 9.97 Å². The molecule has 2 aromatic rings. The van der Waals surface area contributed by atoms with Crippen molar-refractivity contribution in [2.75, 3.05) is 17.2 Å². The molecule has 0 unspecified atom stereocenters. The first-order valence-corrected chi connectivity index (χ1v) is 6.70. The van der Waals surface area contributed by atoms with E-state index in [-0.39, 0.29) is 5.91 Å². The molecule has 0 aliphatic carbocycles. The fourth-order valence-corrected chi connectivity index (χ4v) is 1.71. The molecule has 6 heteroatoms. The molecule has 0 atom stereocenters. The summed E-state index contributed by atoms with van der Waals surface area (Å²) in [5.74, 6) is 0.798. The molecule has 2 aromatic heterocycles. The number of anilines is 2. The van der Waals surface area contributed by atoms with Gasteiger partial charge in [0.25, 0.3) is 5.91 Å². The number of carbonyl (C=O) groups is 1. The number of aromatic nitrogens is 2. The highest BCUT2D eigenvalue weighted by Crippen LogP contribution is 2.18. The Hall–Kier alpha value is -2.14. The Morgan fingerprint density at radius 3 is 2.80 bits per heavy atom. The van der Waals surface area contributed by atoms with Crippen LogP contribution in [0.2, 0.25) is 5.02 Å². The van der Waals surface area contributed by atoms with Gasteiger partial charge in [0, 0.05) is 18.9 Å². The van der Waals surface area contributed by atoms with Crippen LogP contribution in [0.25, 0.3) is 0 Å². The number of halogens is 1. The summed E-state index contributed by atoms with van der Waals surface area (Å²) in [5.41, 5.74) is 0.453. The minimum Gasteiger partial charge on any atom is -0.370 e. The van der Waals surface area contributed by atoms with Crippen LogP contribution in [0.4, 0.5) is 11.6 Å². The topological polar surface area (TPSA) is 66.9 Å². The molecule has 5 nitrogen and oxygen atoms in total. The highest BCUT2D eigenvalue weighted by molar-refractivity contribution is 6.33. The lowest BCUT2D eigenvalue weighted by Crippen LogP contribution is -2.14. The smallest absolute Gasteiger partial charge is 0.258 e. The van der Waals surface area contributed by atoms with Gasteiger partial charge in [-0.1, -0.05) is 18.5 Å². The first kappa shape index (κ1) is 14.3. The Labute approximate surface area is 122 Å². The van der Waals surface area contributed by atoms with Gasteiger partial charge in [-0.25, -0.2) is 9.97 Å². The number of rotatable bonds is 5. The molecule has 0 spiro atoms. The third-order valence-corrected chi connectivity index (χ3v) is 2.88. The van der Waals surface area contributed by atoms with Crippen LogP contribution in [0.15, 0.2) is 36.7 Å². The quantitative estimate of drug-likeness (QED) is 0.887. The standard InChI is InChI=1S/C14H15ClN4O/c1-2-7-16-12-6-5-10(9-18-12)14(20)19-13-11(15)4-3-8-17-13/h3-6,8-9H,2,7H2,1H3,(H,16,18)(H,17,19,20). The van der Waals surface area contributed by atoms with Gasteiger partial charge in [-0.2, -0.15) is 0 Å². The maximum absolute atomic E-state index is 12.0. The molecule has 0 fully saturated rings. The molecule has 0 aliphatic heterocycles. The Kier molecular flexibility index (Phi) is 4.90. The number of carbonyl (C=O) groups excluding carboxylic acids is 1. The zero-order valence-electron chi connectivity index (χ0n) is 11.1. The van der Waals surface area contributed by atoms with Gasteiger partial charge in [-0.05, 0) is 30.7 Å². The summed E-state index contributed by atoms with van der Waals surface area (Å²) in [6.07, 6.45) is 4.10. The Morgan fingerprint density at radius 1 is 1.30 bits per heavy atom. The minimum absolute atomic E-state index is 0.292. The third kappa shape index (κ3) is 3.68. The monoisotopic (exact) mass is 290 g/mol. The van der Waals surface area contributed by atoms with Crippen LogP contribution in [-0.4, -0.2) is 22.4 Å². The molecule has 20 heavy (non-hydrogen) atoms. The summed E-state index contributed by atoms with van der Waals surface area (Å²) >= 11 is 5.94. The lowest BCUT2D eigenvalue weighted by Gasteiger charge is -2.07. The SMILES string of the molecule is CCCNc1ccc(C(=O)Nc2ncccc2Cl)cn1. The van der Waals surface area contributed by atoms with Gasteiger partial charge in [0.2, 0.25) is 0 Å². The van der Waals surface area contributed by atoms with Crippen LogP contribution in [0.3, 0.4) is 0 Å². The first-order chi connectivity index (χ1) is 9.70. The van der Waals surface area contributed by atoms with Crippen LogP contribution in [0, 0.1) is 0 Å². The molecule has 0 aliphatic rings. The average Bonchev–Trinajstić information content (AvgIpc) is 2.48. The highest BCUT2D eigenvalue weighted by Gasteiger charge is 2.09. The summed E-state index contributed by atoms with van der Waals surface area (Å²) in [5, 5.41) is 6.19. The zero-order chi connectivity index (χ0) is 14.4. The number of nitrogens with one attached hydrogen (secondary N) is 2. The minimum atomic E-state index is -0.292. The van der Waals surface area contributed by atoms with E-state index < -0.39 is 0 Å². The van der Waals surface area contributed by atoms with Crippen molar-refractivity contribution < 1.29 is 4.79 Å². The van der Waals surface area contributed by atoms with Crippen molar-refractivity contribution in [3.8, 4) is 0 Å². The molecular weight excluding hydrogens is 276 g/mol. The molecule has 0 saturated heterocycles. The van der Waals surface area contributed by atoms with E-state index in [9.17, 15) is 4.79 Å². The van der Waals surface area contributed by atoms with E-state index in [4.69, 9.17) is 11.6 Å². The second kappa shape index (κ2) is 6.86. The third-order valence-electron chi connectivity index (χ3n) is 2.57. The molecule has 0 saturated carbocycles. The van der Waals surface area contributed by atoms with E-state index in [2.05, 4.69) is 27.5 Å². The van der Waals surface area contributed by atoms with Gasteiger partial charge in [-0.3, -0.25) is 4.79 Å². The molecule has 0 aromatic carbocycles. The van der Waals surface area contributed by atoms with E-state index in [0.29, 0.717) is 16.4 Å². The van der Waals surface area contributed by atoms with Crippen LogP contribution < -0.4 is 10.6 Å². The highest BCUT2D eigenvalue weighted by atomic mass is 35.5. The molecular formula is C14H15ClN4O. The summed E-state index contributed by atoms with van der Waals surface area (Å²) in [6.45, 7) is 2.92. The second-order valence-corrected chi connectivity index (χ2v) is 4.55. The number of hydrogen-bond donors (Lipinski definition) is 2. The zero-order valence-corrected chi connectivity index (χ0v) is 11.8.